The van der Waals surface area contributed by atoms with Gasteiger partial charge in [0.25, 0.3) is 0 Å². The van der Waals surface area contributed by atoms with Gasteiger partial charge in [0, 0.05) is 30.7 Å². The SMILES string of the molecule is CC(C)(COP(=O)(O)O)[C@@H](O)C(=O)NCCC(=O)NCCSS(=O)(=O)O. The average Bonchev–Trinajstić information content (AvgIpc) is 2.47. The molecule has 26 heavy (non-hydrogen) atoms. The van der Waals surface area contributed by atoms with E-state index in [1.54, 1.807) is 0 Å². The summed E-state index contributed by atoms with van der Waals surface area (Å²) >= 11 is 0. The zero-order valence-corrected chi connectivity index (χ0v) is 16.6. The second-order valence-corrected chi connectivity index (χ2v) is 10.5. The molecule has 0 rings (SSSR count). The second kappa shape index (κ2) is 10.6. The molecule has 0 aliphatic rings. The molecule has 0 aliphatic heterocycles. The van der Waals surface area contributed by atoms with Crippen molar-refractivity contribution in [3.63, 3.8) is 0 Å². The molecule has 2 amide bonds. The average molecular weight is 438 g/mol. The summed E-state index contributed by atoms with van der Waals surface area (Å²) in [6, 6.07) is 0. The Balaban J connectivity index is 4.16. The Morgan fingerprint density at radius 1 is 1.23 bits per heavy atom. The minimum Gasteiger partial charge on any atom is -0.383 e. The highest BCUT2D eigenvalue weighted by atomic mass is 33.1. The third-order valence-electron chi connectivity index (χ3n) is 2.90. The molecule has 6 N–H and O–H groups in total. The summed E-state index contributed by atoms with van der Waals surface area (Å²) in [5.41, 5.74) is -1.29. The highest BCUT2D eigenvalue weighted by molar-refractivity contribution is 8.69. The highest BCUT2D eigenvalue weighted by Crippen LogP contribution is 2.38. The molecule has 0 aromatic rings. The number of hydrogen-bond acceptors (Lipinski definition) is 8. The molecule has 0 unspecified atom stereocenters. The lowest BCUT2D eigenvalue weighted by molar-refractivity contribution is -0.137. The Labute approximate surface area is 154 Å². The minimum atomic E-state index is -4.74. The number of carbonyl (C=O) groups is 2. The quantitative estimate of drug-likeness (QED) is 0.0910. The number of aliphatic hydroxyl groups is 1. The number of phosphoric ester groups is 1. The first-order chi connectivity index (χ1) is 11.6. The second-order valence-electron chi connectivity index (χ2n) is 5.80. The molecule has 0 spiro atoms. The largest absolute Gasteiger partial charge is 0.469 e. The number of phosphoric acid groups is 1. The van der Waals surface area contributed by atoms with Crippen LogP contribution in [0.1, 0.15) is 20.3 Å². The van der Waals surface area contributed by atoms with Gasteiger partial charge < -0.3 is 25.5 Å². The van der Waals surface area contributed by atoms with Gasteiger partial charge in [-0.1, -0.05) is 13.8 Å². The fraction of sp³-hybridized carbons (Fsp3) is 0.818. The standard InChI is InChI=1S/C11H23N2O10PS2/c1-11(2,7-23-24(17,18)19)9(15)10(16)13-4-3-8(14)12-5-6-25-26(20,21)22/h9,15H,3-7H2,1-2H3,(H,12,14)(H,13,16)(H2,17,18,19)(H,20,21,22)/t9-/m0/s1. The Morgan fingerprint density at radius 2 is 1.81 bits per heavy atom. The van der Waals surface area contributed by atoms with Crippen molar-refractivity contribution in [2.45, 2.75) is 26.4 Å². The van der Waals surface area contributed by atoms with Gasteiger partial charge in [-0.3, -0.25) is 18.7 Å². The van der Waals surface area contributed by atoms with Crippen LogP contribution in [0, 0.1) is 5.41 Å². The summed E-state index contributed by atoms with van der Waals surface area (Å²) in [7, 11) is -8.65. The zero-order chi connectivity index (χ0) is 20.6. The lowest BCUT2D eigenvalue weighted by Gasteiger charge is -2.29. The summed E-state index contributed by atoms with van der Waals surface area (Å²) in [5.74, 6) is -1.39. The van der Waals surface area contributed by atoms with Gasteiger partial charge in [-0.2, -0.15) is 8.42 Å². The van der Waals surface area contributed by atoms with Gasteiger partial charge in [0.05, 0.1) is 6.61 Å². The predicted octanol–water partition coefficient (Wildman–Crippen LogP) is -1.36. The summed E-state index contributed by atoms with van der Waals surface area (Å²) in [4.78, 5) is 40.6. The number of hydrogen-bond donors (Lipinski definition) is 6. The zero-order valence-electron chi connectivity index (χ0n) is 14.1. The van der Waals surface area contributed by atoms with Crippen LogP contribution in [0.15, 0.2) is 0 Å². The van der Waals surface area contributed by atoms with Gasteiger partial charge in [-0.25, -0.2) is 4.57 Å². The molecule has 0 saturated heterocycles. The Morgan fingerprint density at radius 3 is 2.31 bits per heavy atom. The summed E-state index contributed by atoms with van der Waals surface area (Å²) in [6.45, 7) is 2.03. The van der Waals surface area contributed by atoms with Crippen LogP contribution in [0.3, 0.4) is 0 Å². The van der Waals surface area contributed by atoms with Gasteiger partial charge in [0.1, 0.15) is 6.10 Å². The first kappa shape index (κ1) is 25.3. The first-order valence-corrected chi connectivity index (χ1v) is 11.7. The number of nitrogens with one attached hydrogen (secondary N) is 2. The molecule has 0 bridgehead atoms. The number of amides is 2. The highest BCUT2D eigenvalue weighted by Gasteiger charge is 2.35. The van der Waals surface area contributed by atoms with Gasteiger partial charge in [0.15, 0.2) is 0 Å². The molecule has 0 saturated carbocycles. The maximum atomic E-state index is 11.8. The van der Waals surface area contributed by atoms with E-state index in [0.717, 1.165) is 0 Å². The van der Waals surface area contributed by atoms with Crippen LogP contribution < -0.4 is 10.6 Å². The molecule has 0 fully saturated rings. The van der Waals surface area contributed by atoms with Gasteiger partial charge in [-0.15, -0.1) is 0 Å². The third-order valence-corrected chi connectivity index (χ3v) is 5.43. The summed E-state index contributed by atoms with van der Waals surface area (Å²) < 4.78 is 44.4. The van der Waals surface area contributed by atoms with Crippen molar-refractivity contribution in [2.75, 3.05) is 25.4 Å². The van der Waals surface area contributed by atoms with Crippen LogP contribution in [-0.2, 0) is 27.8 Å². The molecule has 0 aromatic carbocycles. The number of rotatable bonds is 12. The van der Waals surface area contributed by atoms with E-state index in [4.69, 9.17) is 14.3 Å². The molecule has 0 aliphatic carbocycles. The van der Waals surface area contributed by atoms with E-state index in [1.165, 1.54) is 13.8 Å². The normalized spacial score (nSPS) is 13.9. The number of carbonyl (C=O) groups excluding carboxylic acids is 2. The molecular weight excluding hydrogens is 415 g/mol. The van der Waals surface area contributed by atoms with E-state index in [1.807, 2.05) is 0 Å². The predicted molar refractivity (Wildman–Crippen MR) is 92.4 cm³/mol. The fourth-order valence-electron chi connectivity index (χ4n) is 1.51. The van der Waals surface area contributed by atoms with Crippen molar-refractivity contribution in [2.24, 2.45) is 5.41 Å². The van der Waals surface area contributed by atoms with Crippen LogP contribution in [0.5, 0.6) is 0 Å². The van der Waals surface area contributed by atoms with Crippen LogP contribution in [0.2, 0.25) is 0 Å². The lowest BCUT2D eigenvalue weighted by atomic mass is 9.87. The van der Waals surface area contributed by atoms with Crippen molar-refractivity contribution in [1.29, 1.82) is 0 Å². The van der Waals surface area contributed by atoms with Crippen molar-refractivity contribution < 1.29 is 46.5 Å². The molecule has 12 nitrogen and oxygen atoms in total. The Hall–Kier alpha value is -0.730. The van der Waals surface area contributed by atoms with Crippen molar-refractivity contribution in [3.8, 4) is 0 Å². The van der Waals surface area contributed by atoms with E-state index in [9.17, 15) is 27.7 Å². The third kappa shape index (κ3) is 12.6. The van der Waals surface area contributed by atoms with Gasteiger partial charge >= 0.3 is 17.0 Å². The van der Waals surface area contributed by atoms with E-state index in [-0.39, 0.29) is 36.1 Å². The molecule has 0 aromatic heterocycles. The first-order valence-electron chi connectivity index (χ1n) is 7.18. The molecule has 0 radical (unpaired) electrons. The molecule has 0 heterocycles. The Kier molecular flexibility index (Phi) is 10.3. The van der Waals surface area contributed by atoms with Crippen molar-refractivity contribution in [1.82, 2.24) is 10.6 Å². The van der Waals surface area contributed by atoms with Crippen LogP contribution in [-0.4, -0.2) is 71.2 Å². The van der Waals surface area contributed by atoms with E-state index >= 15 is 0 Å². The van der Waals surface area contributed by atoms with Crippen LogP contribution in [0.25, 0.3) is 0 Å². The topological polar surface area (TPSA) is 200 Å². The number of aliphatic hydroxyl groups excluding tert-OH is 1. The lowest BCUT2D eigenvalue weighted by Crippen LogP contribution is -2.46. The maximum Gasteiger partial charge on any atom is 0.469 e. The molecule has 154 valence electrons. The van der Waals surface area contributed by atoms with E-state index in [2.05, 4.69) is 15.2 Å². The van der Waals surface area contributed by atoms with Gasteiger partial charge in [0.2, 0.25) is 11.8 Å². The van der Waals surface area contributed by atoms with Crippen LogP contribution in [0.4, 0.5) is 0 Å². The van der Waals surface area contributed by atoms with Gasteiger partial charge in [-0.05, 0) is 10.8 Å². The van der Waals surface area contributed by atoms with Crippen molar-refractivity contribution in [3.05, 3.63) is 0 Å². The maximum absolute atomic E-state index is 11.8. The smallest absolute Gasteiger partial charge is 0.383 e. The van der Waals surface area contributed by atoms with E-state index < -0.39 is 46.9 Å². The van der Waals surface area contributed by atoms with Crippen LogP contribution >= 0.6 is 18.6 Å². The fourth-order valence-corrected chi connectivity index (χ4v) is 3.28. The van der Waals surface area contributed by atoms with E-state index in [0.29, 0.717) is 0 Å². The minimum absolute atomic E-state index is 0.00733. The summed E-state index contributed by atoms with van der Waals surface area (Å²) in [6.07, 6.45) is -1.78. The molecule has 15 heteroatoms. The van der Waals surface area contributed by atoms with Crippen molar-refractivity contribution >= 4 is 39.6 Å². The molecule has 1 atom stereocenters. The Bertz CT molecular complexity index is 633. The molecular formula is C11H23N2O10PS2. The monoisotopic (exact) mass is 438 g/mol. The summed E-state index contributed by atoms with van der Waals surface area (Å²) in [5, 5.41) is 14.6.